The fourth-order valence-corrected chi connectivity index (χ4v) is 2.79. The molecule has 1 N–H and O–H groups in total. The molecule has 0 saturated carbocycles. The van der Waals surface area contributed by atoms with E-state index in [4.69, 9.17) is 0 Å². The molecule has 1 amide bonds. The van der Waals surface area contributed by atoms with E-state index in [1.807, 2.05) is 19.1 Å². The van der Waals surface area contributed by atoms with Gasteiger partial charge in [-0.2, -0.15) is 13.2 Å². The average molecular weight is 320 g/mol. The topological polar surface area (TPSA) is 32.3 Å². The van der Waals surface area contributed by atoms with Crippen molar-refractivity contribution in [2.75, 3.05) is 11.9 Å². The third kappa shape index (κ3) is 3.02. The number of aryl methyl sites for hydroxylation is 1. The van der Waals surface area contributed by atoms with Crippen molar-refractivity contribution in [2.24, 2.45) is 0 Å². The number of para-hydroxylation sites is 1. The Labute approximate surface area is 131 Å². The van der Waals surface area contributed by atoms with E-state index in [-0.39, 0.29) is 5.56 Å². The number of anilines is 1. The van der Waals surface area contributed by atoms with Crippen LogP contribution in [0.25, 0.3) is 0 Å². The molecule has 1 aliphatic heterocycles. The van der Waals surface area contributed by atoms with Crippen LogP contribution in [0.5, 0.6) is 0 Å². The number of nitrogens with zero attached hydrogens (tertiary/aromatic N) is 1. The van der Waals surface area contributed by atoms with Crippen molar-refractivity contribution in [3.63, 3.8) is 0 Å². The minimum absolute atomic E-state index is 0.251. The molecule has 0 saturated heterocycles. The second-order valence-corrected chi connectivity index (χ2v) is 5.50. The van der Waals surface area contributed by atoms with Crippen molar-refractivity contribution >= 4 is 11.6 Å². The molecule has 3 rings (SSSR count). The monoisotopic (exact) mass is 320 g/mol. The van der Waals surface area contributed by atoms with Gasteiger partial charge in [-0.05, 0) is 30.2 Å². The normalized spacial score (nSPS) is 17.7. The number of alkyl halides is 3. The molecule has 0 aromatic heterocycles. The van der Waals surface area contributed by atoms with Crippen LogP contribution in [0.15, 0.2) is 48.5 Å². The summed E-state index contributed by atoms with van der Waals surface area (Å²) in [6.07, 6.45) is -5.31. The van der Waals surface area contributed by atoms with Gasteiger partial charge < -0.3 is 10.2 Å². The standard InChI is InChI=1S/C17H15F3N2O/c1-11-6-2-3-7-12(11)15-21-14-9-5-4-8-13(14)16(23)22(15)10-17(18,19)20/h2-9,15,21H,10H2,1H3/t15-/m0/s1. The number of hydrogen-bond acceptors (Lipinski definition) is 2. The van der Waals surface area contributed by atoms with Gasteiger partial charge in [0, 0.05) is 5.69 Å². The van der Waals surface area contributed by atoms with Crippen molar-refractivity contribution in [3.05, 3.63) is 65.2 Å². The van der Waals surface area contributed by atoms with Crippen molar-refractivity contribution in [1.29, 1.82) is 0 Å². The lowest BCUT2D eigenvalue weighted by molar-refractivity contribution is -0.144. The Morgan fingerprint density at radius 2 is 1.74 bits per heavy atom. The maximum atomic E-state index is 13.0. The van der Waals surface area contributed by atoms with Gasteiger partial charge in [-0.3, -0.25) is 4.79 Å². The van der Waals surface area contributed by atoms with Gasteiger partial charge in [0.15, 0.2) is 0 Å². The predicted molar refractivity (Wildman–Crippen MR) is 81.1 cm³/mol. The largest absolute Gasteiger partial charge is 0.406 e. The quantitative estimate of drug-likeness (QED) is 0.902. The summed E-state index contributed by atoms with van der Waals surface area (Å²) < 4.78 is 38.9. The van der Waals surface area contributed by atoms with Crippen LogP contribution in [0.3, 0.4) is 0 Å². The van der Waals surface area contributed by atoms with Gasteiger partial charge in [0.2, 0.25) is 0 Å². The highest BCUT2D eigenvalue weighted by molar-refractivity contribution is 6.01. The maximum absolute atomic E-state index is 13.0. The third-order valence-corrected chi connectivity index (χ3v) is 3.85. The zero-order valence-corrected chi connectivity index (χ0v) is 12.4. The summed E-state index contributed by atoms with van der Waals surface area (Å²) >= 11 is 0. The van der Waals surface area contributed by atoms with Crippen molar-refractivity contribution in [3.8, 4) is 0 Å². The number of fused-ring (bicyclic) bond motifs is 1. The molecular weight excluding hydrogens is 305 g/mol. The van der Waals surface area contributed by atoms with E-state index in [1.165, 1.54) is 6.07 Å². The van der Waals surface area contributed by atoms with E-state index in [1.54, 1.807) is 30.3 Å². The predicted octanol–water partition coefficient (Wildman–Crippen LogP) is 4.12. The van der Waals surface area contributed by atoms with Crippen molar-refractivity contribution in [1.82, 2.24) is 4.90 Å². The fraction of sp³-hybridized carbons (Fsp3) is 0.235. The minimum Gasteiger partial charge on any atom is -0.361 e. The van der Waals surface area contributed by atoms with Gasteiger partial charge in [0.25, 0.3) is 5.91 Å². The fourth-order valence-electron chi connectivity index (χ4n) is 2.79. The molecule has 0 unspecified atom stereocenters. The first kappa shape index (κ1) is 15.4. The second-order valence-electron chi connectivity index (χ2n) is 5.50. The van der Waals surface area contributed by atoms with E-state index in [0.29, 0.717) is 11.3 Å². The van der Waals surface area contributed by atoms with Crippen LogP contribution in [0.2, 0.25) is 0 Å². The van der Waals surface area contributed by atoms with Gasteiger partial charge in [-0.15, -0.1) is 0 Å². The molecule has 2 aromatic carbocycles. The molecule has 2 aromatic rings. The summed E-state index contributed by atoms with van der Waals surface area (Å²) in [5.41, 5.74) is 2.27. The highest BCUT2D eigenvalue weighted by Crippen LogP contribution is 2.35. The molecule has 0 fully saturated rings. The summed E-state index contributed by atoms with van der Waals surface area (Å²) in [5.74, 6) is -0.620. The Bertz CT molecular complexity index is 743. The maximum Gasteiger partial charge on any atom is 0.406 e. The molecule has 0 radical (unpaired) electrons. The lowest BCUT2D eigenvalue weighted by Crippen LogP contribution is -2.47. The van der Waals surface area contributed by atoms with E-state index in [2.05, 4.69) is 5.32 Å². The van der Waals surface area contributed by atoms with Crippen LogP contribution in [0.4, 0.5) is 18.9 Å². The first-order chi connectivity index (χ1) is 10.9. The van der Waals surface area contributed by atoms with Crippen LogP contribution < -0.4 is 5.32 Å². The number of carbonyl (C=O) groups excluding carboxylic acids is 1. The molecule has 0 bridgehead atoms. The van der Waals surface area contributed by atoms with Crippen molar-refractivity contribution < 1.29 is 18.0 Å². The molecule has 1 atom stereocenters. The summed E-state index contributed by atoms with van der Waals surface area (Å²) in [4.78, 5) is 13.4. The number of hydrogen-bond donors (Lipinski definition) is 1. The summed E-state index contributed by atoms with van der Waals surface area (Å²) in [6, 6.07) is 13.7. The Kier molecular flexibility index (Phi) is 3.75. The first-order valence-corrected chi connectivity index (χ1v) is 7.15. The molecule has 23 heavy (non-hydrogen) atoms. The highest BCUT2D eigenvalue weighted by Gasteiger charge is 2.40. The van der Waals surface area contributed by atoms with E-state index in [9.17, 15) is 18.0 Å². The van der Waals surface area contributed by atoms with Gasteiger partial charge in [0.05, 0.1) is 5.56 Å². The van der Waals surface area contributed by atoms with Crippen LogP contribution in [-0.4, -0.2) is 23.5 Å². The summed E-state index contributed by atoms with van der Waals surface area (Å²) in [5, 5.41) is 3.06. The van der Waals surface area contributed by atoms with E-state index < -0.39 is 24.8 Å². The molecule has 1 aliphatic rings. The molecular formula is C17H15F3N2O. The summed E-state index contributed by atoms with van der Waals surface area (Å²) in [7, 11) is 0. The van der Waals surface area contributed by atoms with E-state index >= 15 is 0 Å². The van der Waals surface area contributed by atoms with Gasteiger partial charge >= 0.3 is 6.18 Å². The molecule has 0 spiro atoms. The lowest BCUT2D eigenvalue weighted by Gasteiger charge is -2.39. The van der Waals surface area contributed by atoms with E-state index in [0.717, 1.165) is 10.5 Å². The Morgan fingerprint density at radius 1 is 1.09 bits per heavy atom. The smallest absolute Gasteiger partial charge is 0.361 e. The Hall–Kier alpha value is -2.50. The number of halogens is 3. The average Bonchev–Trinajstić information content (AvgIpc) is 2.50. The number of amides is 1. The Morgan fingerprint density at radius 3 is 2.43 bits per heavy atom. The minimum atomic E-state index is -4.47. The molecule has 0 aliphatic carbocycles. The zero-order chi connectivity index (χ0) is 16.6. The Balaban J connectivity index is 2.08. The third-order valence-electron chi connectivity index (χ3n) is 3.85. The first-order valence-electron chi connectivity index (χ1n) is 7.15. The number of nitrogens with one attached hydrogen (secondary N) is 1. The van der Waals surface area contributed by atoms with Gasteiger partial charge in [0.1, 0.15) is 12.7 Å². The highest BCUT2D eigenvalue weighted by atomic mass is 19.4. The lowest BCUT2D eigenvalue weighted by atomic mass is 10.0. The summed E-state index contributed by atoms with van der Waals surface area (Å²) in [6.45, 7) is 0.514. The zero-order valence-electron chi connectivity index (χ0n) is 12.4. The molecule has 3 nitrogen and oxygen atoms in total. The number of rotatable bonds is 2. The molecule has 1 heterocycles. The molecule has 120 valence electrons. The van der Waals surface area contributed by atoms with Crippen LogP contribution >= 0.6 is 0 Å². The second kappa shape index (κ2) is 5.61. The van der Waals surface area contributed by atoms with Crippen LogP contribution in [-0.2, 0) is 0 Å². The molecule has 6 heteroatoms. The number of benzene rings is 2. The van der Waals surface area contributed by atoms with Gasteiger partial charge in [-0.1, -0.05) is 36.4 Å². The van der Waals surface area contributed by atoms with Crippen LogP contribution in [0.1, 0.15) is 27.7 Å². The number of carbonyl (C=O) groups is 1. The van der Waals surface area contributed by atoms with Gasteiger partial charge in [-0.25, -0.2) is 0 Å². The SMILES string of the molecule is Cc1ccccc1[C@H]1Nc2ccccc2C(=O)N1CC(F)(F)F. The van der Waals surface area contributed by atoms with Crippen molar-refractivity contribution in [2.45, 2.75) is 19.3 Å². The van der Waals surface area contributed by atoms with Crippen LogP contribution in [0, 0.1) is 6.92 Å².